The van der Waals surface area contributed by atoms with Crippen LogP contribution in [0.15, 0.2) is 60.2 Å². The molecule has 0 aliphatic carbocycles. The molecule has 0 fully saturated rings. The Balaban J connectivity index is 1.80. The van der Waals surface area contributed by atoms with Crippen LogP contribution in [0.5, 0.6) is 5.75 Å². The molecule has 0 saturated carbocycles. The van der Waals surface area contributed by atoms with Crippen molar-refractivity contribution in [3.05, 3.63) is 77.2 Å². The topological polar surface area (TPSA) is 56.8 Å². The predicted molar refractivity (Wildman–Crippen MR) is 98.7 cm³/mol. The summed E-state index contributed by atoms with van der Waals surface area (Å²) in [5.41, 5.74) is 2.04. The van der Waals surface area contributed by atoms with Crippen molar-refractivity contribution < 1.29 is 14.2 Å². The highest BCUT2D eigenvalue weighted by Gasteiger charge is 2.32. The average molecular weight is 357 g/mol. The summed E-state index contributed by atoms with van der Waals surface area (Å²) >= 11 is 0. The maximum absolute atomic E-state index is 13.1. The Hall–Kier alpha value is -2.89. The normalized spacial score (nSPS) is 16.8. The van der Waals surface area contributed by atoms with Crippen LogP contribution in [0.2, 0.25) is 0 Å². The van der Waals surface area contributed by atoms with Gasteiger partial charge in [0, 0.05) is 7.05 Å². The first-order chi connectivity index (χ1) is 12.5. The molecule has 2 aromatic carbocycles. The Kier molecular flexibility index (Phi) is 5.21. The maximum atomic E-state index is 13.1. The summed E-state index contributed by atoms with van der Waals surface area (Å²) in [5.74, 6) is 1.36. The van der Waals surface area contributed by atoms with E-state index in [0.29, 0.717) is 24.0 Å². The summed E-state index contributed by atoms with van der Waals surface area (Å²) in [6.07, 6.45) is -0.579. The number of hydrogen-bond donors (Lipinski definition) is 3. The van der Waals surface area contributed by atoms with E-state index in [4.69, 9.17) is 4.74 Å². The van der Waals surface area contributed by atoms with Gasteiger partial charge in [0.2, 0.25) is 5.88 Å². The first-order valence-corrected chi connectivity index (χ1v) is 8.63. The SMILES string of the molecule is CNC1=C(O)N(Cc2ccc(F)cc2)C(Oc2cccc(C(C)C)c2)N1. The van der Waals surface area contributed by atoms with Gasteiger partial charge in [-0.15, -0.1) is 0 Å². The van der Waals surface area contributed by atoms with Gasteiger partial charge in [-0.1, -0.05) is 38.1 Å². The van der Waals surface area contributed by atoms with Gasteiger partial charge in [0.15, 0.2) is 5.82 Å². The molecule has 5 nitrogen and oxygen atoms in total. The molecule has 3 N–H and O–H groups in total. The van der Waals surface area contributed by atoms with Crippen LogP contribution in [0.3, 0.4) is 0 Å². The van der Waals surface area contributed by atoms with Crippen LogP contribution in [0, 0.1) is 5.82 Å². The van der Waals surface area contributed by atoms with Crippen LogP contribution in [0.4, 0.5) is 4.39 Å². The van der Waals surface area contributed by atoms with Gasteiger partial charge in [0.05, 0.1) is 6.54 Å². The second kappa shape index (κ2) is 7.56. The molecule has 0 radical (unpaired) electrons. The number of nitrogens with one attached hydrogen (secondary N) is 2. The molecular formula is C20H24FN3O2. The van der Waals surface area contributed by atoms with E-state index in [-0.39, 0.29) is 11.7 Å². The van der Waals surface area contributed by atoms with Gasteiger partial charge in [0.1, 0.15) is 11.6 Å². The van der Waals surface area contributed by atoms with E-state index in [1.807, 2.05) is 18.2 Å². The van der Waals surface area contributed by atoms with Crippen molar-refractivity contribution in [3.63, 3.8) is 0 Å². The summed E-state index contributed by atoms with van der Waals surface area (Å²) in [4.78, 5) is 1.68. The van der Waals surface area contributed by atoms with Crippen molar-refractivity contribution in [2.45, 2.75) is 32.7 Å². The third-order valence-electron chi connectivity index (χ3n) is 4.34. The molecule has 138 valence electrons. The van der Waals surface area contributed by atoms with Gasteiger partial charge in [-0.05, 0) is 41.3 Å². The summed E-state index contributed by atoms with van der Waals surface area (Å²) in [7, 11) is 1.72. The fourth-order valence-electron chi connectivity index (χ4n) is 2.82. The van der Waals surface area contributed by atoms with Gasteiger partial charge in [0.25, 0.3) is 6.35 Å². The monoisotopic (exact) mass is 357 g/mol. The summed E-state index contributed by atoms with van der Waals surface area (Å²) in [5, 5.41) is 16.5. The molecule has 1 heterocycles. The molecule has 6 heteroatoms. The second-order valence-corrected chi connectivity index (χ2v) is 6.54. The van der Waals surface area contributed by atoms with Crippen molar-refractivity contribution in [1.82, 2.24) is 15.5 Å². The molecule has 0 spiro atoms. The number of ether oxygens (including phenoxy) is 1. The first-order valence-electron chi connectivity index (χ1n) is 8.63. The average Bonchev–Trinajstić information content (AvgIpc) is 2.92. The number of aliphatic hydroxyl groups excluding tert-OH is 1. The third-order valence-corrected chi connectivity index (χ3v) is 4.34. The molecular weight excluding hydrogens is 333 g/mol. The van der Waals surface area contributed by atoms with Crippen molar-refractivity contribution >= 4 is 0 Å². The van der Waals surface area contributed by atoms with Crippen LogP contribution in [0.25, 0.3) is 0 Å². The number of nitrogens with zero attached hydrogens (tertiary/aromatic N) is 1. The van der Waals surface area contributed by atoms with E-state index in [1.54, 1.807) is 24.1 Å². The van der Waals surface area contributed by atoms with E-state index in [9.17, 15) is 9.50 Å². The standard InChI is InChI=1S/C20H24FN3O2/c1-13(2)15-5-4-6-17(11-15)26-20-23-18(22-3)19(25)24(20)12-14-7-9-16(21)10-8-14/h4-11,13,20,22-23,25H,12H2,1-3H3. The lowest BCUT2D eigenvalue weighted by Gasteiger charge is -2.27. The van der Waals surface area contributed by atoms with Crippen molar-refractivity contribution in [1.29, 1.82) is 0 Å². The maximum Gasteiger partial charge on any atom is 0.254 e. The minimum absolute atomic E-state index is 0.0573. The fraction of sp³-hybridized carbons (Fsp3) is 0.300. The van der Waals surface area contributed by atoms with Gasteiger partial charge in [-0.3, -0.25) is 4.90 Å². The van der Waals surface area contributed by atoms with Gasteiger partial charge >= 0.3 is 0 Å². The highest BCUT2D eigenvalue weighted by molar-refractivity contribution is 5.31. The number of benzene rings is 2. The number of hydrogen-bond acceptors (Lipinski definition) is 5. The largest absolute Gasteiger partial charge is 0.492 e. The minimum atomic E-state index is -0.579. The quantitative estimate of drug-likeness (QED) is 0.737. The summed E-state index contributed by atoms with van der Waals surface area (Å²) in [6.45, 7) is 4.62. The fourth-order valence-corrected chi connectivity index (χ4v) is 2.82. The summed E-state index contributed by atoms with van der Waals surface area (Å²) < 4.78 is 19.2. The highest BCUT2D eigenvalue weighted by atomic mass is 19.1. The van der Waals surface area contributed by atoms with Crippen LogP contribution in [0.1, 0.15) is 30.9 Å². The zero-order chi connectivity index (χ0) is 18.7. The molecule has 1 aliphatic heterocycles. The first kappa shape index (κ1) is 17.9. The lowest BCUT2D eigenvalue weighted by Crippen LogP contribution is -2.42. The second-order valence-electron chi connectivity index (χ2n) is 6.54. The highest BCUT2D eigenvalue weighted by Crippen LogP contribution is 2.25. The van der Waals surface area contributed by atoms with E-state index in [2.05, 4.69) is 30.5 Å². The Morgan fingerprint density at radius 3 is 2.62 bits per heavy atom. The molecule has 2 aromatic rings. The molecule has 0 saturated heterocycles. The van der Waals surface area contributed by atoms with E-state index in [0.717, 1.165) is 5.56 Å². The predicted octanol–water partition coefficient (Wildman–Crippen LogP) is 3.62. The lowest BCUT2D eigenvalue weighted by atomic mass is 10.0. The molecule has 1 atom stereocenters. The van der Waals surface area contributed by atoms with Crippen LogP contribution >= 0.6 is 0 Å². The number of rotatable bonds is 6. The van der Waals surface area contributed by atoms with Crippen LogP contribution in [-0.2, 0) is 6.54 Å². The van der Waals surface area contributed by atoms with Crippen LogP contribution < -0.4 is 15.4 Å². The van der Waals surface area contributed by atoms with Crippen LogP contribution in [-0.4, -0.2) is 23.4 Å². The Morgan fingerprint density at radius 2 is 1.96 bits per heavy atom. The van der Waals surface area contributed by atoms with E-state index < -0.39 is 6.35 Å². The lowest BCUT2D eigenvalue weighted by molar-refractivity contribution is 0.0182. The smallest absolute Gasteiger partial charge is 0.254 e. The zero-order valence-electron chi connectivity index (χ0n) is 15.2. The minimum Gasteiger partial charge on any atom is -0.492 e. The molecule has 0 amide bonds. The number of aliphatic hydroxyl groups is 1. The van der Waals surface area contributed by atoms with Gasteiger partial charge < -0.3 is 20.5 Å². The van der Waals surface area contributed by atoms with E-state index in [1.165, 1.54) is 17.7 Å². The number of halogens is 1. The molecule has 1 unspecified atom stereocenters. The molecule has 1 aliphatic rings. The Labute approximate surface area is 153 Å². The van der Waals surface area contributed by atoms with Crippen molar-refractivity contribution in [3.8, 4) is 5.75 Å². The summed E-state index contributed by atoms with van der Waals surface area (Å²) in [6, 6.07) is 14.1. The Morgan fingerprint density at radius 1 is 1.23 bits per heavy atom. The van der Waals surface area contributed by atoms with Gasteiger partial charge in [-0.25, -0.2) is 4.39 Å². The zero-order valence-corrected chi connectivity index (χ0v) is 15.2. The Bertz CT molecular complexity index is 790. The molecule has 0 aromatic heterocycles. The molecule has 0 bridgehead atoms. The van der Waals surface area contributed by atoms with Crippen molar-refractivity contribution in [2.24, 2.45) is 0 Å². The van der Waals surface area contributed by atoms with Crippen molar-refractivity contribution in [2.75, 3.05) is 7.05 Å². The van der Waals surface area contributed by atoms with Gasteiger partial charge in [-0.2, -0.15) is 0 Å². The molecule has 3 rings (SSSR count). The van der Waals surface area contributed by atoms with E-state index >= 15 is 0 Å². The molecule has 26 heavy (non-hydrogen) atoms. The third kappa shape index (κ3) is 3.85.